The number of ether oxygens (including phenoxy) is 1. The molecular formula is C10H21NO2. The Hall–Kier alpha value is -0.380. The molecule has 0 radical (unpaired) electrons. The minimum atomic E-state index is -0.230. The molecule has 13 heavy (non-hydrogen) atoms. The van der Waals surface area contributed by atoms with Crippen molar-refractivity contribution in [1.29, 1.82) is 0 Å². The third-order valence-corrected chi connectivity index (χ3v) is 1.76. The van der Waals surface area contributed by atoms with E-state index in [-0.39, 0.29) is 18.2 Å². The topological polar surface area (TPSA) is 41.5 Å². The molecule has 0 saturated carbocycles. The Morgan fingerprint density at radius 1 is 1.62 bits per heavy atom. The maximum atomic E-state index is 8.96. The van der Waals surface area contributed by atoms with Crippen LogP contribution in [0.15, 0.2) is 12.7 Å². The van der Waals surface area contributed by atoms with Gasteiger partial charge in [0.2, 0.25) is 0 Å². The van der Waals surface area contributed by atoms with Crippen LogP contribution in [0, 0.1) is 0 Å². The quantitative estimate of drug-likeness (QED) is 0.583. The van der Waals surface area contributed by atoms with Crippen LogP contribution in [0.4, 0.5) is 0 Å². The molecule has 0 aliphatic carbocycles. The average Bonchev–Trinajstić information content (AvgIpc) is 2.11. The summed E-state index contributed by atoms with van der Waals surface area (Å²) in [6, 6.07) is 0. The summed E-state index contributed by atoms with van der Waals surface area (Å²) in [5.41, 5.74) is -0.230. The van der Waals surface area contributed by atoms with Gasteiger partial charge in [-0.1, -0.05) is 6.08 Å². The van der Waals surface area contributed by atoms with Crippen LogP contribution in [0.3, 0.4) is 0 Å². The zero-order valence-electron chi connectivity index (χ0n) is 8.84. The van der Waals surface area contributed by atoms with Crippen molar-refractivity contribution in [2.75, 3.05) is 19.8 Å². The van der Waals surface area contributed by atoms with Gasteiger partial charge in [-0.05, 0) is 20.8 Å². The van der Waals surface area contributed by atoms with Crippen LogP contribution in [0.2, 0.25) is 0 Å². The van der Waals surface area contributed by atoms with Crippen molar-refractivity contribution in [2.24, 2.45) is 0 Å². The molecule has 78 valence electrons. The minimum absolute atomic E-state index is 0.126. The first-order chi connectivity index (χ1) is 6.02. The van der Waals surface area contributed by atoms with E-state index in [1.54, 1.807) is 6.08 Å². The fourth-order valence-electron chi connectivity index (χ4n) is 0.767. The third kappa shape index (κ3) is 6.75. The van der Waals surface area contributed by atoms with Gasteiger partial charge in [-0.25, -0.2) is 0 Å². The molecule has 0 aromatic carbocycles. The highest BCUT2D eigenvalue weighted by Crippen LogP contribution is 2.00. The Labute approximate surface area is 80.8 Å². The van der Waals surface area contributed by atoms with E-state index in [0.29, 0.717) is 6.61 Å². The largest absolute Gasteiger partial charge is 0.394 e. The fourth-order valence-corrected chi connectivity index (χ4v) is 0.767. The highest BCUT2D eigenvalue weighted by molar-refractivity contribution is 4.77. The molecule has 0 aliphatic heterocycles. The summed E-state index contributed by atoms with van der Waals surface area (Å²) in [4.78, 5) is 0. The van der Waals surface area contributed by atoms with Crippen LogP contribution >= 0.6 is 0 Å². The van der Waals surface area contributed by atoms with Gasteiger partial charge < -0.3 is 15.2 Å². The molecule has 0 aromatic rings. The summed E-state index contributed by atoms with van der Waals surface area (Å²) in [6.07, 6.45) is 1.87. The molecule has 3 heteroatoms. The second kappa shape index (κ2) is 6.13. The molecule has 1 atom stereocenters. The maximum absolute atomic E-state index is 8.96. The van der Waals surface area contributed by atoms with E-state index in [0.717, 1.165) is 6.54 Å². The predicted octanol–water partition coefficient (Wildman–Crippen LogP) is 0.938. The van der Waals surface area contributed by atoms with E-state index in [2.05, 4.69) is 11.9 Å². The van der Waals surface area contributed by atoms with Crippen molar-refractivity contribution in [2.45, 2.75) is 32.4 Å². The number of hydrogen-bond donors (Lipinski definition) is 2. The number of rotatable bonds is 7. The molecular weight excluding hydrogens is 166 g/mol. The number of aliphatic hydroxyl groups excluding tert-OH is 1. The van der Waals surface area contributed by atoms with E-state index >= 15 is 0 Å². The fraction of sp³-hybridized carbons (Fsp3) is 0.800. The van der Waals surface area contributed by atoms with E-state index in [1.807, 2.05) is 20.8 Å². The zero-order chi connectivity index (χ0) is 10.3. The summed E-state index contributed by atoms with van der Waals surface area (Å²) in [5, 5.41) is 12.2. The molecule has 0 aromatic heterocycles. The van der Waals surface area contributed by atoms with E-state index in [9.17, 15) is 0 Å². The first-order valence-electron chi connectivity index (χ1n) is 4.60. The van der Waals surface area contributed by atoms with Crippen molar-refractivity contribution in [3.05, 3.63) is 12.7 Å². The molecule has 0 fully saturated rings. The molecule has 0 amide bonds. The smallest absolute Gasteiger partial charge is 0.0675 e. The molecule has 0 spiro atoms. The van der Waals surface area contributed by atoms with Gasteiger partial charge in [0, 0.05) is 12.1 Å². The molecule has 3 nitrogen and oxygen atoms in total. The predicted molar refractivity (Wildman–Crippen MR) is 54.8 cm³/mol. The van der Waals surface area contributed by atoms with Crippen LogP contribution in [0.25, 0.3) is 0 Å². The Bertz CT molecular complexity index is 146. The van der Waals surface area contributed by atoms with Crippen LogP contribution in [0.5, 0.6) is 0 Å². The zero-order valence-corrected chi connectivity index (χ0v) is 8.84. The van der Waals surface area contributed by atoms with Gasteiger partial charge in [0.15, 0.2) is 0 Å². The summed E-state index contributed by atoms with van der Waals surface area (Å²) < 4.78 is 5.37. The first kappa shape index (κ1) is 12.6. The first-order valence-corrected chi connectivity index (χ1v) is 4.60. The van der Waals surface area contributed by atoms with E-state index < -0.39 is 0 Å². The molecule has 2 N–H and O–H groups in total. The van der Waals surface area contributed by atoms with Gasteiger partial charge in [0.1, 0.15) is 0 Å². The summed E-state index contributed by atoms with van der Waals surface area (Å²) in [7, 11) is 0. The Balaban J connectivity index is 3.56. The van der Waals surface area contributed by atoms with Gasteiger partial charge in [0.25, 0.3) is 0 Å². The van der Waals surface area contributed by atoms with Gasteiger partial charge in [-0.2, -0.15) is 0 Å². The van der Waals surface area contributed by atoms with E-state index in [1.165, 1.54) is 0 Å². The lowest BCUT2D eigenvalue weighted by molar-refractivity contribution is 0.0757. The van der Waals surface area contributed by atoms with Crippen molar-refractivity contribution >= 4 is 0 Å². The molecule has 0 unspecified atom stereocenters. The highest BCUT2D eigenvalue weighted by Gasteiger charge is 2.16. The number of nitrogens with one attached hydrogen (secondary N) is 1. The number of aliphatic hydroxyl groups is 1. The van der Waals surface area contributed by atoms with Gasteiger partial charge in [-0.15, -0.1) is 6.58 Å². The minimum Gasteiger partial charge on any atom is -0.394 e. The van der Waals surface area contributed by atoms with Crippen LogP contribution in [0.1, 0.15) is 20.8 Å². The highest BCUT2D eigenvalue weighted by atomic mass is 16.5. The normalized spacial score (nSPS) is 14.2. The maximum Gasteiger partial charge on any atom is 0.0675 e. The molecule has 0 heterocycles. The lowest BCUT2D eigenvalue weighted by Gasteiger charge is -2.25. The summed E-state index contributed by atoms with van der Waals surface area (Å²) >= 11 is 0. The molecule has 0 rings (SSSR count). The van der Waals surface area contributed by atoms with Crippen molar-refractivity contribution < 1.29 is 9.84 Å². The van der Waals surface area contributed by atoms with Crippen molar-refractivity contribution in [1.82, 2.24) is 5.32 Å². The Kier molecular flexibility index (Phi) is 5.95. The van der Waals surface area contributed by atoms with Crippen LogP contribution in [-0.4, -0.2) is 36.5 Å². The van der Waals surface area contributed by atoms with Gasteiger partial charge in [0.05, 0.1) is 19.3 Å². The van der Waals surface area contributed by atoms with Gasteiger partial charge >= 0.3 is 0 Å². The monoisotopic (exact) mass is 187 g/mol. The molecule has 0 saturated heterocycles. The van der Waals surface area contributed by atoms with Crippen LogP contribution in [-0.2, 0) is 4.74 Å². The molecule has 0 bridgehead atoms. The molecule has 0 aliphatic rings. The van der Waals surface area contributed by atoms with Crippen molar-refractivity contribution in [3.8, 4) is 0 Å². The second-order valence-electron chi connectivity index (χ2n) is 3.86. The Morgan fingerprint density at radius 2 is 2.23 bits per heavy atom. The summed E-state index contributed by atoms with van der Waals surface area (Å²) in [5.74, 6) is 0. The average molecular weight is 187 g/mol. The summed E-state index contributed by atoms with van der Waals surface area (Å²) in [6.45, 7) is 10.9. The van der Waals surface area contributed by atoms with Crippen molar-refractivity contribution in [3.63, 3.8) is 0 Å². The third-order valence-electron chi connectivity index (χ3n) is 1.76. The van der Waals surface area contributed by atoms with Gasteiger partial charge in [-0.3, -0.25) is 0 Å². The lowest BCUT2D eigenvalue weighted by Crippen LogP contribution is -2.46. The lowest BCUT2D eigenvalue weighted by atomic mass is 10.1. The SMILES string of the molecule is C=CCO[C@@H](C)CNC(C)(C)CO. The number of hydrogen-bond acceptors (Lipinski definition) is 3. The standard InChI is InChI=1S/C10H21NO2/c1-5-6-13-9(2)7-11-10(3,4)8-12/h5,9,11-12H,1,6-8H2,2-4H3/t9-/m0/s1. The van der Waals surface area contributed by atoms with Crippen LogP contribution < -0.4 is 5.32 Å². The van der Waals surface area contributed by atoms with E-state index in [4.69, 9.17) is 9.84 Å². The second-order valence-corrected chi connectivity index (χ2v) is 3.86. The Morgan fingerprint density at radius 3 is 2.69 bits per heavy atom.